The summed E-state index contributed by atoms with van der Waals surface area (Å²) in [5.74, 6) is 0. The maximum absolute atomic E-state index is 2.40. The van der Waals surface area contributed by atoms with E-state index in [9.17, 15) is 0 Å². The summed E-state index contributed by atoms with van der Waals surface area (Å²) < 4.78 is 1.14. The molecule has 0 fully saturated rings. The Labute approximate surface area is 148 Å². The van der Waals surface area contributed by atoms with E-state index in [0.29, 0.717) is 6.17 Å². The number of hydrogen-bond donors (Lipinski definition) is 0. The molecule has 0 saturated heterocycles. The number of hydrogen-bond acceptors (Lipinski definition) is 1. The van der Waals surface area contributed by atoms with Gasteiger partial charge in [0.05, 0.1) is 20.6 Å². The van der Waals surface area contributed by atoms with E-state index in [2.05, 4.69) is 46.9 Å². The number of unbranched alkanes of at least 4 members (excludes halogenated alkanes) is 11. The zero-order valence-electron chi connectivity index (χ0n) is 17.4. The minimum atomic E-state index is 0.655. The first-order valence-corrected chi connectivity index (χ1v) is 10.4. The van der Waals surface area contributed by atoms with Gasteiger partial charge in [-0.05, 0) is 26.9 Å². The molecule has 0 aliphatic heterocycles. The summed E-state index contributed by atoms with van der Waals surface area (Å²) in [5, 5.41) is 0. The summed E-state index contributed by atoms with van der Waals surface area (Å²) in [5.41, 5.74) is 0. The third-order valence-corrected chi connectivity index (χ3v) is 5.36. The van der Waals surface area contributed by atoms with Crippen LogP contribution in [0.1, 0.15) is 97.3 Å². The molecule has 2 heteroatoms. The van der Waals surface area contributed by atoms with Gasteiger partial charge in [-0.25, -0.2) is 0 Å². The first-order chi connectivity index (χ1) is 11.0. The van der Waals surface area contributed by atoms with Crippen LogP contribution >= 0.6 is 0 Å². The van der Waals surface area contributed by atoms with E-state index in [1.165, 1.54) is 90.0 Å². The summed E-state index contributed by atoms with van der Waals surface area (Å²) in [6, 6.07) is 0. The van der Waals surface area contributed by atoms with Gasteiger partial charge in [0.2, 0.25) is 0 Å². The van der Waals surface area contributed by atoms with Crippen molar-refractivity contribution >= 4 is 0 Å². The second-order valence-corrected chi connectivity index (χ2v) is 8.24. The van der Waals surface area contributed by atoms with Crippen LogP contribution in [0.3, 0.4) is 0 Å². The Hall–Kier alpha value is -0.0800. The third kappa shape index (κ3) is 12.0. The van der Waals surface area contributed by atoms with Crippen molar-refractivity contribution in [1.82, 2.24) is 4.90 Å². The lowest BCUT2D eigenvalue weighted by molar-refractivity contribution is -0.926. The Bertz CT molecular complexity index is 248. The fourth-order valence-corrected chi connectivity index (χ4v) is 3.99. The van der Waals surface area contributed by atoms with Crippen LogP contribution in [0.5, 0.6) is 0 Å². The van der Waals surface area contributed by atoms with Crippen molar-refractivity contribution in [3.05, 3.63) is 0 Å². The van der Waals surface area contributed by atoms with Crippen molar-refractivity contribution < 1.29 is 4.48 Å². The molecule has 0 aromatic rings. The molecule has 0 saturated carbocycles. The van der Waals surface area contributed by atoms with Crippen LogP contribution in [-0.4, -0.2) is 50.3 Å². The molecular formula is C21H47N2+. The van der Waals surface area contributed by atoms with Crippen LogP contribution in [0, 0.1) is 0 Å². The normalized spacial score (nSPS) is 13.7. The monoisotopic (exact) mass is 327 g/mol. The highest BCUT2D eigenvalue weighted by molar-refractivity contribution is 4.54. The zero-order valence-corrected chi connectivity index (χ0v) is 17.4. The Morgan fingerprint density at radius 2 is 1.04 bits per heavy atom. The quantitative estimate of drug-likeness (QED) is 0.189. The maximum Gasteiger partial charge on any atom is 0.144 e. The summed E-state index contributed by atoms with van der Waals surface area (Å²) in [7, 11) is 9.23. The zero-order chi connectivity index (χ0) is 17.6. The molecule has 1 atom stereocenters. The van der Waals surface area contributed by atoms with Crippen LogP contribution in [0.4, 0.5) is 0 Å². The van der Waals surface area contributed by atoms with E-state index >= 15 is 0 Å². The number of rotatable bonds is 16. The van der Waals surface area contributed by atoms with E-state index in [4.69, 9.17) is 0 Å². The maximum atomic E-state index is 2.40. The van der Waals surface area contributed by atoms with E-state index < -0.39 is 0 Å². The molecule has 2 nitrogen and oxygen atoms in total. The molecule has 0 radical (unpaired) electrons. The number of quaternary nitrogens is 1. The predicted octanol–water partition coefficient (Wildman–Crippen LogP) is 6.06. The molecule has 0 aliphatic rings. The molecular weight excluding hydrogens is 280 g/mol. The van der Waals surface area contributed by atoms with E-state index in [1.807, 2.05) is 0 Å². The minimum absolute atomic E-state index is 0.655. The van der Waals surface area contributed by atoms with E-state index in [-0.39, 0.29) is 0 Å². The van der Waals surface area contributed by atoms with Crippen LogP contribution in [-0.2, 0) is 0 Å². The summed E-state index contributed by atoms with van der Waals surface area (Å²) in [6.45, 7) is 5.92. The molecule has 0 rings (SSSR count). The molecule has 0 spiro atoms. The van der Waals surface area contributed by atoms with Crippen molar-refractivity contribution in [2.45, 2.75) is 103 Å². The van der Waals surface area contributed by atoms with Crippen molar-refractivity contribution in [1.29, 1.82) is 0 Å². The van der Waals surface area contributed by atoms with Crippen molar-refractivity contribution in [2.75, 3.05) is 34.7 Å². The van der Waals surface area contributed by atoms with Gasteiger partial charge in [-0.1, -0.05) is 78.1 Å². The van der Waals surface area contributed by atoms with Gasteiger partial charge in [0.1, 0.15) is 6.17 Å². The van der Waals surface area contributed by atoms with Gasteiger partial charge < -0.3 is 4.48 Å². The summed E-state index contributed by atoms with van der Waals surface area (Å²) in [6.07, 6.45) is 19.2. The average molecular weight is 328 g/mol. The lowest BCUT2D eigenvalue weighted by Gasteiger charge is -2.41. The van der Waals surface area contributed by atoms with Crippen LogP contribution < -0.4 is 0 Å². The van der Waals surface area contributed by atoms with Gasteiger partial charge in [0.15, 0.2) is 0 Å². The van der Waals surface area contributed by atoms with Gasteiger partial charge in [0.25, 0.3) is 0 Å². The van der Waals surface area contributed by atoms with Gasteiger partial charge in [-0.2, -0.15) is 0 Å². The molecule has 0 heterocycles. The lowest BCUT2D eigenvalue weighted by Crippen LogP contribution is -2.55. The summed E-state index contributed by atoms with van der Waals surface area (Å²) in [4.78, 5) is 2.39. The number of nitrogens with zero attached hydrogens (tertiary/aromatic N) is 2. The Morgan fingerprint density at radius 3 is 1.39 bits per heavy atom. The Kier molecular flexibility index (Phi) is 14.2. The standard InChI is InChI=1S/C21H47N2/c1-7-9-10-11-12-13-14-15-16-17-18-19-20-23(5,6)21(8-2)22(3)4/h21H,7-20H2,1-6H3/q+1. The molecule has 1 unspecified atom stereocenters. The average Bonchev–Trinajstić information content (AvgIpc) is 2.48. The van der Waals surface area contributed by atoms with Crippen LogP contribution in [0.15, 0.2) is 0 Å². The molecule has 0 aromatic carbocycles. The fourth-order valence-electron chi connectivity index (χ4n) is 3.99. The Balaban J connectivity index is 3.48. The Morgan fingerprint density at radius 1 is 0.652 bits per heavy atom. The van der Waals surface area contributed by atoms with Crippen molar-refractivity contribution in [2.24, 2.45) is 0 Å². The van der Waals surface area contributed by atoms with Gasteiger partial charge in [0, 0.05) is 6.42 Å². The molecule has 140 valence electrons. The molecule has 0 N–H and O–H groups in total. The summed E-state index contributed by atoms with van der Waals surface area (Å²) >= 11 is 0. The smallest absolute Gasteiger partial charge is 0.144 e. The van der Waals surface area contributed by atoms with Crippen molar-refractivity contribution in [3.63, 3.8) is 0 Å². The first-order valence-electron chi connectivity index (χ1n) is 10.4. The second kappa shape index (κ2) is 14.3. The molecule has 0 aromatic heterocycles. The molecule has 0 aliphatic carbocycles. The van der Waals surface area contributed by atoms with Gasteiger partial charge >= 0.3 is 0 Å². The largest absolute Gasteiger partial charge is 0.314 e. The van der Waals surface area contributed by atoms with E-state index in [1.54, 1.807) is 0 Å². The minimum Gasteiger partial charge on any atom is -0.314 e. The lowest BCUT2D eigenvalue weighted by atomic mass is 10.0. The van der Waals surface area contributed by atoms with Gasteiger partial charge in [-0.15, -0.1) is 0 Å². The molecule has 0 bridgehead atoms. The van der Waals surface area contributed by atoms with Crippen molar-refractivity contribution in [3.8, 4) is 0 Å². The van der Waals surface area contributed by atoms with Gasteiger partial charge in [-0.3, -0.25) is 4.90 Å². The first kappa shape index (κ1) is 22.9. The second-order valence-electron chi connectivity index (χ2n) is 8.24. The molecule has 23 heavy (non-hydrogen) atoms. The van der Waals surface area contributed by atoms with Crippen LogP contribution in [0.25, 0.3) is 0 Å². The highest BCUT2D eigenvalue weighted by Crippen LogP contribution is 2.16. The highest BCUT2D eigenvalue weighted by atomic mass is 15.4. The molecule has 0 amide bonds. The SMILES string of the molecule is CCCCCCCCCCCCCC[N+](C)(C)C(CC)N(C)C. The fraction of sp³-hybridized carbons (Fsp3) is 1.00. The highest BCUT2D eigenvalue weighted by Gasteiger charge is 2.27. The third-order valence-electron chi connectivity index (χ3n) is 5.36. The predicted molar refractivity (Wildman–Crippen MR) is 106 cm³/mol. The van der Waals surface area contributed by atoms with E-state index in [0.717, 1.165) is 4.48 Å². The topological polar surface area (TPSA) is 3.24 Å². The van der Waals surface area contributed by atoms with Crippen LogP contribution in [0.2, 0.25) is 0 Å².